The Morgan fingerprint density at radius 3 is 3.25 bits per heavy atom. The Kier molecular flexibility index (Phi) is 2.49. The van der Waals surface area contributed by atoms with Crippen molar-refractivity contribution in [2.45, 2.75) is 19.4 Å². The Morgan fingerprint density at radius 1 is 1.50 bits per heavy atom. The van der Waals surface area contributed by atoms with Crippen molar-refractivity contribution >= 4 is 21.6 Å². The number of aryl methyl sites for hydroxylation is 1. The molecular weight excluding hydrogens is 222 g/mol. The van der Waals surface area contributed by atoms with Gasteiger partial charge in [-0.3, -0.25) is 0 Å². The summed E-state index contributed by atoms with van der Waals surface area (Å²) in [5, 5.41) is 5.38. The molecule has 0 amide bonds. The largest absolute Gasteiger partial charge is 0.472 e. The predicted octanol–water partition coefficient (Wildman–Crippen LogP) is 1.74. The molecule has 1 saturated heterocycles. The first-order valence-corrected chi connectivity index (χ1v) is 6.29. The zero-order chi connectivity index (χ0) is 11.0. The highest BCUT2D eigenvalue weighted by Crippen LogP contribution is 2.30. The Labute approximate surface area is 97.7 Å². The molecule has 2 aromatic rings. The molecule has 1 aliphatic rings. The van der Waals surface area contributed by atoms with E-state index in [1.165, 1.54) is 5.56 Å². The van der Waals surface area contributed by atoms with Gasteiger partial charge in [-0.25, -0.2) is 9.97 Å². The number of nitrogens with zero attached hydrogens (tertiary/aromatic N) is 2. The zero-order valence-corrected chi connectivity index (χ0v) is 9.88. The summed E-state index contributed by atoms with van der Waals surface area (Å²) < 4.78 is 6.96. The van der Waals surface area contributed by atoms with Gasteiger partial charge in [0, 0.05) is 6.54 Å². The second kappa shape index (κ2) is 3.99. The van der Waals surface area contributed by atoms with Crippen molar-refractivity contribution in [3.63, 3.8) is 0 Å². The number of rotatable bonds is 2. The molecule has 0 radical (unpaired) electrons. The van der Waals surface area contributed by atoms with Crippen LogP contribution in [0.25, 0.3) is 10.2 Å². The Balaban J connectivity index is 1.96. The normalized spacial score (nSPS) is 20.4. The number of ether oxygens (including phenoxy) is 1. The molecule has 16 heavy (non-hydrogen) atoms. The van der Waals surface area contributed by atoms with E-state index in [0.29, 0.717) is 0 Å². The molecule has 2 aromatic heterocycles. The summed E-state index contributed by atoms with van der Waals surface area (Å²) in [4.78, 5) is 8.51. The molecule has 0 saturated carbocycles. The van der Waals surface area contributed by atoms with Crippen molar-refractivity contribution < 1.29 is 4.74 Å². The third-order valence-corrected chi connectivity index (χ3v) is 3.87. The molecule has 1 fully saturated rings. The summed E-state index contributed by atoms with van der Waals surface area (Å²) in [6, 6.07) is 0. The first-order chi connectivity index (χ1) is 7.84. The fraction of sp³-hybridized carbons (Fsp3) is 0.455. The molecule has 3 rings (SSSR count). The van der Waals surface area contributed by atoms with Crippen LogP contribution in [0.1, 0.15) is 12.0 Å². The lowest BCUT2D eigenvalue weighted by Gasteiger charge is -2.11. The van der Waals surface area contributed by atoms with Crippen LogP contribution in [-0.2, 0) is 0 Å². The van der Waals surface area contributed by atoms with Gasteiger partial charge in [0.15, 0.2) is 0 Å². The Bertz CT molecular complexity index is 505. The van der Waals surface area contributed by atoms with Crippen molar-refractivity contribution in [2.75, 3.05) is 13.1 Å². The SMILES string of the molecule is Cc1csc2c(OC3CCNC3)ncnc12. The molecule has 5 heteroatoms. The molecule has 0 aliphatic carbocycles. The van der Waals surface area contributed by atoms with E-state index >= 15 is 0 Å². The van der Waals surface area contributed by atoms with Gasteiger partial charge in [-0.05, 0) is 30.8 Å². The zero-order valence-electron chi connectivity index (χ0n) is 9.06. The minimum atomic E-state index is 0.250. The number of hydrogen-bond acceptors (Lipinski definition) is 5. The highest BCUT2D eigenvalue weighted by Gasteiger charge is 2.18. The van der Waals surface area contributed by atoms with E-state index in [0.717, 1.165) is 35.6 Å². The van der Waals surface area contributed by atoms with Crippen LogP contribution in [0.3, 0.4) is 0 Å². The molecule has 4 nitrogen and oxygen atoms in total. The maximum absolute atomic E-state index is 5.90. The van der Waals surface area contributed by atoms with Gasteiger partial charge < -0.3 is 10.1 Å². The summed E-state index contributed by atoms with van der Waals surface area (Å²) in [5.74, 6) is 0.733. The molecule has 1 atom stereocenters. The van der Waals surface area contributed by atoms with Crippen molar-refractivity contribution in [3.05, 3.63) is 17.3 Å². The lowest BCUT2D eigenvalue weighted by Crippen LogP contribution is -2.20. The maximum Gasteiger partial charge on any atom is 0.235 e. The van der Waals surface area contributed by atoms with E-state index in [9.17, 15) is 0 Å². The first-order valence-electron chi connectivity index (χ1n) is 5.41. The molecule has 84 valence electrons. The third-order valence-electron chi connectivity index (χ3n) is 2.79. The van der Waals surface area contributed by atoms with Gasteiger partial charge in [-0.1, -0.05) is 0 Å². The van der Waals surface area contributed by atoms with Crippen LogP contribution < -0.4 is 10.1 Å². The number of thiophene rings is 1. The minimum absolute atomic E-state index is 0.250. The lowest BCUT2D eigenvalue weighted by atomic mass is 10.3. The summed E-state index contributed by atoms with van der Waals surface area (Å²) >= 11 is 1.65. The van der Waals surface area contributed by atoms with E-state index in [1.807, 2.05) is 0 Å². The van der Waals surface area contributed by atoms with Gasteiger partial charge in [0.1, 0.15) is 17.1 Å². The van der Waals surface area contributed by atoms with E-state index in [-0.39, 0.29) is 6.10 Å². The first kappa shape index (κ1) is 9.99. The minimum Gasteiger partial charge on any atom is -0.472 e. The summed E-state index contributed by atoms with van der Waals surface area (Å²) in [7, 11) is 0. The van der Waals surface area contributed by atoms with Crippen molar-refractivity contribution in [1.82, 2.24) is 15.3 Å². The van der Waals surface area contributed by atoms with Gasteiger partial charge in [0.25, 0.3) is 0 Å². The number of hydrogen-bond donors (Lipinski definition) is 1. The van der Waals surface area contributed by atoms with Crippen molar-refractivity contribution in [1.29, 1.82) is 0 Å². The van der Waals surface area contributed by atoms with Gasteiger partial charge in [0.2, 0.25) is 5.88 Å². The molecule has 0 bridgehead atoms. The fourth-order valence-corrected chi connectivity index (χ4v) is 2.85. The molecule has 0 spiro atoms. The molecule has 1 N–H and O–H groups in total. The van der Waals surface area contributed by atoms with E-state index in [2.05, 4.69) is 27.6 Å². The second-order valence-corrected chi connectivity index (χ2v) is 4.89. The van der Waals surface area contributed by atoms with Crippen LogP contribution >= 0.6 is 11.3 Å². The molecule has 1 aliphatic heterocycles. The van der Waals surface area contributed by atoms with E-state index in [1.54, 1.807) is 17.7 Å². The van der Waals surface area contributed by atoms with Crippen molar-refractivity contribution in [2.24, 2.45) is 0 Å². The molecule has 3 heterocycles. The fourth-order valence-electron chi connectivity index (χ4n) is 1.92. The van der Waals surface area contributed by atoms with Gasteiger partial charge in [0.05, 0.1) is 5.52 Å². The molecule has 1 unspecified atom stereocenters. The summed E-state index contributed by atoms with van der Waals surface area (Å²) in [6.07, 6.45) is 2.89. The highest BCUT2D eigenvalue weighted by molar-refractivity contribution is 7.17. The van der Waals surface area contributed by atoms with Gasteiger partial charge >= 0.3 is 0 Å². The lowest BCUT2D eigenvalue weighted by molar-refractivity contribution is 0.217. The highest BCUT2D eigenvalue weighted by atomic mass is 32.1. The van der Waals surface area contributed by atoms with E-state index < -0.39 is 0 Å². The maximum atomic E-state index is 5.90. The van der Waals surface area contributed by atoms with Crippen LogP contribution in [0.5, 0.6) is 5.88 Å². The van der Waals surface area contributed by atoms with Crippen LogP contribution in [0.4, 0.5) is 0 Å². The van der Waals surface area contributed by atoms with Crippen molar-refractivity contribution in [3.8, 4) is 5.88 Å². The Hall–Kier alpha value is -1.20. The van der Waals surface area contributed by atoms with Gasteiger partial charge in [-0.15, -0.1) is 11.3 Å². The number of aromatic nitrogens is 2. The van der Waals surface area contributed by atoms with Crippen LogP contribution in [-0.4, -0.2) is 29.2 Å². The smallest absolute Gasteiger partial charge is 0.235 e. The standard InChI is InChI=1S/C11H13N3OS/c1-7-5-16-10-9(7)13-6-14-11(10)15-8-2-3-12-4-8/h5-6,8,12H,2-4H2,1H3. The molecule has 0 aromatic carbocycles. The van der Waals surface area contributed by atoms with Crippen LogP contribution in [0.2, 0.25) is 0 Å². The van der Waals surface area contributed by atoms with Gasteiger partial charge in [-0.2, -0.15) is 0 Å². The summed E-state index contributed by atoms with van der Waals surface area (Å²) in [5.41, 5.74) is 2.21. The predicted molar refractivity (Wildman–Crippen MR) is 64.1 cm³/mol. The number of nitrogens with one attached hydrogen (secondary N) is 1. The average molecular weight is 235 g/mol. The topological polar surface area (TPSA) is 47.0 Å². The molecular formula is C11H13N3OS. The summed E-state index contributed by atoms with van der Waals surface area (Å²) in [6.45, 7) is 4.00. The second-order valence-electron chi connectivity index (χ2n) is 4.01. The average Bonchev–Trinajstić information content (AvgIpc) is 2.90. The van der Waals surface area contributed by atoms with Crippen LogP contribution in [0.15, 0.2) is 11.7 Å². The number of fused-ring (bicyclic) bond motifs is 1. The quantitative estimate of drug-likeness (QED) is 0.861. The van der Waals surface area contributed by atoms with Crippen LogP contribution in [0, 0.1) is 6.92 Å². The van der Waals surface area contributed by atoms with E-state index in [4.69, 9.17) is 4.74 Å². The Morgan fingerprint density at radius 2 is 2.44 bits per heavy atom. The third kappa shape index (κ3) is 1.66. The monoisotopic (exact) mass is 235 g/mol.